The van der Waals surface area contributed by atoms with Crippen molar-refractivity contribution in [2.75, 3.05) is 32.1 Å². The molecule has 1 heterocycles. The highest BCUT2D eigenvalue weighted by Crippen LogP contribution is 2.09. The molecule has 0 spiro atoms. The number of ether oxygens (including phenoxy) is 1. The van der Waals surface area contributed by atoms with Crippen molar-refractivity contribution in [3.05, 3.63) is 12.4 Å². The average Bonchev–Trinajstić information content (AvgIpc) is 2.35. The second-order valence-electron chi connectivity index (χ2n) is 4.13. The van der Waals surface area contributed by atoms with E-state index in [0.29, 0.717) is 18.4 Å². The number of rotatable bonds is 8. The Labute approximate surface area is 103 Å². The van der Waals surface area contributed by atoms with Gasteiger partial charge in [0.25, 0.3) is 0 Å². The van der Waals surface area contributed by atoms with Crippen molar-refractivity contribution in [3.63, 3.8) is 0 Å². The van der Waals surface area contributed by atoms with Crippen molar-refractivity contribution in [1.29, 1.82) is 0 Å². The summed E-state index contributed by atoms with van der Waals surface area (Å²) in [6.45, 7) is 6.76. The number of hydrogen-bond donors (Lipinski definition) is 2. The van der Waals surface area contributed by atoms with Crippen LogP contribution in [0.4, 0.5) is 5.82 Å². The van der Waals surface area contributed by atoms with Crippen molar-refractivity contribution >= 4 is 5.82 Å². The van der Waals surface area contributed by atoms with Gasteiger partial charge in [-0.2, -0.15) is 4.98 Å². The van der Waals surface area contributed by atoms with E-state index in [9.17, 15) is 0 Å². The number of nitrogens with one attached hydrogen (secondary N) is 2. The van der Waals surface area contributed by atoms with Gasteiger partial charge in [-0.15, -0.1) is 0 Å². The number of aromatic nitrogens is 2. The maximum atomic E-state index is 5.42. The molecule has 2 N–H and O–H groups in total. The lowest BCUT2D eigenvalue weighted by Gasteiger charge is -2.12. The van der Waals surface area contributed by atoms with Crippen LogP contribution in [0, 0.1) is 5.92 Å². The third kappa shape index (κ3) is 5.49. The second kappa shape index (κ2) is 7.84. The van der Waals surface area contributed by atoms with Crippen LogP contribution in [0.1, 0.15) is 20.3 Å². The van der Waals surface area contributed by atoms with Crippen LogP contribution in [0.15, 0.2) is 12.4 Å². The summed E-state index contributed by atoms with van der Waals surface area (Å²) in [5.41, 5.74) is 0. The lowest BCUT2D eigenvalue weighted by molar-refractivity contribution is 0.304. The topological polar surface area (TPSA) is 59.1 Å². The van der Waals surface area contributed by atoms with Gasteiger partial charge in [0.15, 0.2) is 0 Å². The van der Waals surface area contributed by atoms with Crippen LogP contribution in [-0.4, -0.2) is 36.7 Å². The van der Waals surface area contributed by atoms with Crippen LogP contribution in [0.3, 0.4) is 0 Å². The summed E-state index contributed by atoms with van der Waals surface area (Å²) in [4.78, 5) is 8.42. The molecule has 1 atom stereocenters. The van der Waals surface area contributed by atoms with E-state index < -0.39 is 0 Å². The van der Waals surface area contributed by atoms with Gasteiger partial charge >= 0.3 is 0 Å². The maximum absolute atomic E-state index is 5.42. The molecule has 0 saturated heterocycles. The first kappa shape index (κ1) is 13.7. The van der Waals surface area contributed by atoms with Crippen LogP contribution in [0.5, 0.6) is 5.88 Å². The van der Waals surface area contributed by atoms with Gasteiger partial charge in [-0.05, 0) is 25.9 Å². The average molecular weight is 238 g/mol. The van der Waals surface area contributed by atoms with Crippen LogP contribution in [0.25, 0.3) is 0 Å². The lowest BCUT2D eigenvalue weighted by atomic mass is 10.2. The first-order valence-electron chi connectivity index (χ1n) is 6.09. The second-order valence-corrected chi connectivity index (χ2v) is 4.13. The fourth-order valence-electron chi connectivity index (χ4n) is 1.41. The van der Waals surface area contributed by atoms with Crippen LogP contribution in [-0.2, 0) is 0 Å². The summed E-state index contributed by atoms with van der Waals surface area (Å²) in [7, 11) is 1.95. The van der Waals surface area contributed by atoms with Crippen molar-refractivity contribution in [3.8, 4) is 5.88 Å². The van der Waals surface area contributed by atoms with Crippen molar-refractivity contribution in [2.45, 2.75) is 20.3 Å². The van der Waals surface area contributed by atoms with Gasteiger partial charge in [0.1, 0.15) is 5.82 Å². The molecule has 96 valence electrons. The van der Waals surface area contributed by atoms with Crippen LogP contribution >= 0.6 is 0 Å². The zero-order valence-electron chi connectivity index (χ0n) is 10.9. The Hall–Kier alpha value is -1.36. The SMILES string of the molecule is CCCOc1cncc(NCC(C)CNC)n1. The summed E-state index contributed by atoms with van der Waals surface area (Å²) < 4.78 is 5.42. The molecule has 17 heavy (non-hydrogen) atoms. The molecule has 5 nitrogen and oxygen atoms in total. The summed E-state index contributed by atoms with van der Waals surface area (Å²) >= 11 is 0. The minimum atomic E-state index is 0.544. The molecule has 0 aliphatic heterocycles. The van der Waals surface area contributed by atoms with E-state index in [2.05, 4.69) is 34.4 Å². The zero-order valence-corrected chi connectivity index (χ0v) is 10.9. The third-order valence-electron chi connectivity index (χ3n) is 2.25. The maximum Gasteiger partial charge on any atom is 0.234 e. The van der Waals surface area contributed by atoms with Gasteiger partial charge < -0.3 is 15.4 Å². The molecule has 1 rings (SSSR count). The van der Waals surface area contributed by atoms with Crippen molar-refractivity contribution in [2.24, 2.45) is 5.92 Å². The number of anilines is 1. The predicted octanol–water partition coefficient (Wildman–Crippen LogP) is 1.53. The van der Waals surface area contributed by atoms with Crippen LogP contribution < -0.4 is 15.4 Å². The molecule has 5 heteroatoms. The fourth-order valence-corrected chi connectivity index (χ4v) is 1.41. The molecule has 0 bridgehead atoms. The first-order valence-corrected chi connectivity index (χ1v) is 6.09. The molecular formula is C12H22N4O. The van der Waals surface area contributed by atoms with E-state index in [4.69, 9.17) is 4.74 Å². The molecule has 0 aliphatic carbocycles. The summed E-state index contributed by atoms with van der Waals surface area (Å²) in [5.74, 6) is 1.89. The van der Waals surface area contributed by atoms with E-state index in [1.54, 1.807) is 12.4 Å². The van der Waals surface area contributed by atoms with Crippen LogP contribution in [0.2, 0.25) is 0 Å². The largest absolute Gasteiger partial charge is 0.477 e. The Balaban J connectivity index is 2.42. The molecule has 0 fully saturated rings. The summed E-state index contributed by atoms with van der Waals surface area (Å²) in [6.07, 6.45) is 4.32. The van der Waals surface area contributed by atoms with Gasteiger partial charge in [0.05, 0.1) is 19.0 Å². The molecule has 1 aromatic rings. The summed E-state index contributed by atoms with van der Waals surface area (Å²) in [5, 5.41) is 6.39. The van der Waals surface area contributed by atoms with E-state index in [1.165, 1.54) is 0 Å². The highest BCUT2D eigenvalue weighted by Gasteiger charge is 2.02. The first-order chi connectivity index (χ1) is 8.26. The Morgan fingerprint density at radius 3 is 2.88 bits per heavy atom. The monoisotopic (exact) mass is 238 g/mol. The third-order valence-corrected chi connectivity index (χ3v) is 2.25. The van der Waals surface area contributed by atoms with E-state index in [1.807, 2.05) is 7.05 Å². The van der Waals surface area contributed by atoms with Gasteiger partial charge in [0.2, 0.25) is 5.88 Å². The molecule has 0 aliphatic rings. The van der Waals surface area contributed by atoms with E-state index in [0.717, 1.165) is 25.3 Å². The predicted molar refractivity (Wildman–Crippen MR) is 69.4 cm³/mol. The van der Waals surface area contributed by atoms with Gasteiger partial charge in [0, 0.05) is 6.54 Å². The molecule has 0 radical (unpaired) electrons. The Kier molecular flexibility index (Phi) is 6.32. The number of hydrogen-bond acceptors (Lipinski definition) is 5. The Morgan fingerprint density at radius 1 is 1.35 bits per heavy atom. The molecule has 0 saturated carbocycles. The molecular weight excluding hydrogens is 216 g/mol. The highest BCUT2D eigenvalue weighted by molar-refractivity contribution is 5.33. The van der Waals surface area contributed by atoms with Gasteiger partial charge in [-0.1, -0.05) is 13.8 Å². The number of nitrogens with zero attached hydrogens (tertiary/aromatic N) is 2. The molecule has 0 aromatic carbocycles. The normalized spacial score (nSPS) is 12.2. The minimum Gasteiger partial charge on any atom is -0.477 e. The van der Waals surface area contributed by atoms with Gasteiger partial charge in [-0.3, -0.25) is 4.98 Å². The van der Waals surface area contributed by atoms with Gasteiger partial charge in [-0.25, -0.2) is 0 Å². The van der Waals surface area contributed by atoms with Crippen molar-refractivity contribution < 1.29 is 4.74 Å². The fraction of sp³-hybridized carbons (Fsp3) is 0.667. The molecule has 0 amide bonds. The highest BCUT2D eigenvalue weighted by atomic mass is 16.5. The summed E-state index contributed by atoms with van der Waals surface area (Å²) in [6, 6.07) is 0. The smallest absolute Gasteiger partial charge is 0.234 e. The van der Waals surface area contributed by atoms with E-state index in [-0.39, 0.29) is 0 Å². The Bertz CT molecular complexity index is 319. The quantitative estimate of drug-likeness (QED) is 0.719. The minimum absolute atomic E-state index is 0.544. The standard InChI is InChI=1S/C12H22N4O/c1-4-5-17-12-9-14-8-11(16-12)15-7-10(2)6-13-3/h8-10,13H,4-7H2,1-3H3,(H,15,16). The lowest BCUT2D eigenvalue weighted by Crippen LogP contribution is -2.23. The van der Waals surface area contributed by atoms with Crippen molar-refractivity contribution in [1.82, 2.24) is 15.3 Å². The van der Waals surface area contributed by atoms with E-state index >= 15 is 0 Å². The zero-order chi connectivity index (χ0) is 12.5. The Morgan fingerprint density at radius 2 is 2.18 bits per heavy atom. The molecule has 1 aromatic heterocycles. The molecule has 1 unspecified atom stereocenters.